The Hall–Kier alpha value is -0.660. The summed E-state index contributed by atoms with van der Waals surface area (Å²) in [4.78, 5) is 22.1. The molecule has 0 radical (unpaired) electrons. The smallest absolute Gasteiger partial charge is 0.137 e. The largest absolute Gasteiger partial charge is 0.299 e. The van der Waals surface area contributed by atoms with Crippen LogP contribution in [0.3, 0.4) is 0 Å². The first-order valence-electron chi connectivity index (χ1n) is 3.83. The summed E-state index contributed by atoms with van der Waals surface area (Å²) >= 11 is 0. The molecule has 0 saturated heterocycles. The van der Waals surface area contributed by atoms with Crippen LogP contribution in [0.5, 0.6) is 0 Å². The standard InChI is InChI=1S/C8H10O2/c9-7-4-6-2-1-5(7)3-8(6)10/h5-6H,1-4H2/t5-,6-/m1/s1. The molecule has 10 heavy (non-hydrogen) atoms. The van der Waals surface area contributed by atoms with Gasteiger partial charge in [-0.25, -0.2) is 0 Å². The van der Waals surface area contributed by atoms with Crippen LogP contribution in [0.15, 0.2) is 0 Å². The van der Waals surface area contributed by atoms with Crippen molar-refractivity contribution >= 4 is 11.6 Å². The highest BCUT2D eigenvalue weighted by atomic mass is 16.1. The number of hydrogen-bond acceptors (Lipinski definition) is 2. The number of Topliss-reactive ketones (excluding diaryl/α,β-unsaturated/α-hetero) is 2. The molecule has 3 rings (SSSR count). The van der Waals surface area contributed by atoms with Gasteiger partial charge in [0.15, 0.2) is 0 Å². The molecule has 0 aliphatic heterocycles. The lowest BCUT2D eigenvalue weighted by Gasteiger charge is -2.32. The summed E-state index contributed by atoms with van der Waals surface area (Å²) in [6.45, 7) is 0. The summed E-state index contributed by atoms with van der Waals surface area (Å²) in [5.41, 5.74) is 0. The van der Waals surface area contributed by atoms with Crippen molar-refractivity contribution in [2.75, 3.05) is 0 Å². The minimum atomic E-state index is 0.109. The second-order valence-corrected chi connectivity index (χ2v) is 3.31. The van der Waals surface area contributed by atoms with Crippen molar-refractivity contribution in [3.05, 3.63) is 0 Å². The first kappa shape index (κ1) is 6.08. The van der Waals surface area contributed by atoms with Crippen LogP contribution in [0.2, 0.25) is 0 Å². The number of fused-ring (bicyclic) bond motifs is 3. The Morgan fingerprint density at radius 3 is 1.50 bits per heavy atom. The van der Waals surface area contributed by atoms with Crippen molar-refractivity contribution in [1.82, 2.24) is 0 Å². The lowest BCUT2D eigenvalue weighted by atomic mass is 9.69. The third-order valence-corrected chi connectivity index (χ3v) is 2.67. The van der Waals surface area contributed by atoms with E-state index in [1.807, 2.05) is 0 Å². The highest BCUT2D eigenvalue weighted by Gasteiger charge is 2.39. The Morgan fingerprint density at radius 2 is 1.30 bits per heavy atom. The van der Waals surface area contributed by atoms with Gasteiger partial charge in [0.1, 0.15) is 11.6 Å². The summed E-state index contributed by atoms with van der Waals surface area (Å²) in [6.07, 6.45) is 3.03. The molecule has 3 fully saturated rings. The van der Waals surface area contributed by atoms with Gasteiger partial charge in [-0.05, 0) is 12.8 Å². The van der Waals surface area contributed by atoms with E-state index in [9.17, 15) is 9.59 Å². The quantitative estimate of drug-likeness (QED) is 0.499. The minimum Gasteiger partial charge on any atom is -0.299 e. The maximum atomic E-state index is 11.0. The molecule has 2 atom stereocenters. The van der Waals surface area contributed by atoms with E-state index in [4.69, 9.17) is 0 Å². The van der Waals surface area contributed by atoms with Crippen LogP contribution in [0.1, 0.15) is 25.7 Å². The van der Waals surface area contributed by atoms with Gasteiger partial charge in [-0.3, -0.25) is 9.59 Å². The molecule has 2 nitrogen and oxygen atoms in total. The average molecular weight is 138 g/mol. The van der Waals surface area contributed by atoms with Crippen molar-refractivity contribution in [2.45, 2.75) is 25.7 Å². The summed E-state index contributed by atoms with van der Waals surface area (Å²) < 4.78 is 0. The first-order chi connectivity index (χ1) is 4.77. The zero-order chi connectivity index (χ0) is 7.14. The van der Waals surface area contributed by atoms with Gasteiger partial charge in [-0.15, -0.1) is 0 Å². The summed E-state index contributed by atoms with van der Waals surface area (Å²) in [5, 5.41) is 0. The maximum absolute atomic E-state index is 11.0. The Bertz CT molecular complexity index is 173. The zero-order valence-corrected chi connectivity index (χ0v) is 5.80. The Balaban J connectivity index is 2.23. The normalized spacial score (nSPS) is 38.8. The SMILES string of the molecule is O=C1C[C@H]2CC[C@@H]1CC2=O. The molecule has 2 bridgehead atoms. The van der Waals surface area contributed by atoms with Crippen LogP contribution in [-0.2, 0) is 9.59 Å². The second kappa shape index (κ2) is 1.91. The van der Waals surface area contributed by atoms with Crippen LogP contribution in [0.4, 0.5) is 0 Å². The molecule has 0 spiro atoms. The van der Waals surface area contributed by atoms with Gasteiger partial charge in [0.25, 0.3) is 0 Å². The predicted molar refractivity (Wildman–Crippen MR) is 35.5 cm³/mol. The number of carbonyl (C=O) groups excluding carboxylic acids is 2. The molecule has 3 saturated carbocycles. The van der Waals surface area contributed by atoms with E-state index in [1.165, 1.54) is 0 Å². The molecule has 0 unspecified atom stereocenters. The Morgan fingerprint density at radius 1 is 0.900 bits per heavy atom. The predicted octanol–water partition coefficient (Wildman–Crippen LogP) is 0.945. The Kier molecular flexibility index (Phi) is 1.16. The van der Waals surface area contributed by atoms with Crippen molar-refractivity contribution in [2.24, 2.45) is 11.8 Å². The van der Waals surface area contributed by atoms with Crippen LogP contribution < -0.4 is 0 Å². The van der Waals surface area contributed by atoms with E-state index in [0.717, 1.165) is 12.8 Å². The van der Waals surface area contributed by atoms with E-state index < -0.39 is 0 Å². The van der Waals surface area contributed by atoms with E-state index in [-0.39, 0.29) is 11.8 Å². The summed E-state index contributed by atoms with van der Waals surface area (Å²) in [6, 6.07) is 0. The molecule has 0 aromatic heterocycles. The molecule has 0 N–H and O–H groups in total. The zero-order valence-electron chi connectivity index (χ0n) is 5.80. The maximum Gasteiger partial charge on any atom is 0.137 e. The fourth-order valence-electron chi connectivity index (χ4n) is 1.98. The van der Waals surface area contributed by atoms with Crippen LogP contribution >= 0.6 is 0 Å². The van der Waals surface area contributed by atoms with Crippen molar-refractivity contribution in [1.29, 1.82) is 0 Å². The van der Waals surface area contributed by atoms with E-state index >= 15 is 0 Å². The van der Waals surface area contributed by atoms with Gasteiger partial charge in [0.05, 0.1) is 0 Å². The topological polar surface area (TPSA) is 34.1 Å². The summed E-state index contributed by atoms with van der Waals surface area (Å²) in [7, 11) is 0. The van der Waals surface area contributed by atoms with E-state index in [2.05, 4.69) is 0 Å². The molecule has 0 amide bonds. The fourth-order valence-corrected chi connectivity index (χ4v) is 1.98. The molecule has 0 aromatic rings. The van der Waals surface area contributed by atoms with Crippen LogP contribution in [0.25, 0.3) is 0 Å². The highest BCUT2D eigenvalue weighted by molar-refractivity contribution is 5.97. The molecule has 0 heterocycles. The minimum absolute atomic E-state index is 0.109. The highest BCUT2D eigenvalue weighted by Crippen LogP contribution is 2.36. The van der Waals surface area contributed by atoms with E-state index in [1.54, 1.807) is 0 Å². The van der Waals surface area contributed by atoms with Gasteiger partial charge in [-0.2, -0.15) is 0 Å². The second-order valence-electron chi connectivity index (χ2n) is 3.31. The monoisotopic (exact) mass is 138 g/mol. The number of ketones is 2. The van der Waals surface area contributed by atoms with Crippen molar-refractivity contribution in [3.63, 3.8) is 0 Å². The van der Waals surface area contributed by atoms with Crippen LogP contribution in [-0.4, -0.2) is 11.6 Å². The van der Waals surface area contributed by atoms with E-state index in [0.29, 0.717) is 24.4 Å². The number of rotatable bonds is 0. The first-order valence-corrected chi connectivity index (χ1v) is 3.83. The van der Waals surface area contributed by atoms with Gasteiger partial charge in [0, 0.05) is 24.7 Å². The molecule has 54 valence electrons. The lowest BCUT2D eigenvalue weighted by molar-refractivity contribution is -0.140. The number of hydrogen-bond donors (Lipinski definition) is 0. The fraction of sp³-hybridized carbons (Fsp3) is 0.750. The van der Waals surface area contributed by atoms with Gasteiger partial charge >= 0.3 is 0 Å². The van der Waals surface area contributed by atoms with Gasteiger partial charge in [0.2, 0.25) is 0 Å². The summed E-state index contributed by atoms with van der Waals surface area (Å²) in [5.74, 6) is 0.877. The van der Waals surface area contributed by atoms with Crippen molar-refractivity contribution in [3.8, 4) is 0 Å². The third kappa shape index (κ3) is 0.713. The molecule has 0 aromatic carbocycles. The third-order valence-electron chi connectivity index (χ3n) is 2.67. The Labute approximate surface area is 59.6 Å². The molecule has 3 aliphatic carbocycles. The lowest BCUT2D eigenvalue weighted by Crippen LogP contribution is -2.37. The molecule has 3 aliphatic rings. The number of carbonyl (C=O) groups is 2. The molecular weight excluding hydrogens is 128 g/mol. The van der Waals surface area contributed by atoms with Crippen LogP contribution in [0, 0.1) is 11.8 Å². The van der Waals surface area contributed by atoms with Gasteiger partial charge < -0.3 is 0 Å². The van der Waals surface area contributed by atoms with Gasteiger partial charge in [-0.1, -0.05) is 0 Å². The van der Waals surface area contributed by atoms with Crippen molar-refractivity contribution < 1.29 is 9.59 Å². The molecular formula is C8H10O2. The average Bonchev–Trinajstić information content (AvgIpc) is 1.91. The molecule has 2 heteroatoms.